The zero-order valence-corrected chi connectivity index (χ0v) is 17.6. The van der Waals surface area contributed by atoms with Gasteiger partial charge in [0.05, 0.1) is 12.2 Å². The number of rotatable bonds is 7. The highest BCUT2D eigenvalue weighted by atomic mass is 16.1. The Morgan fingerprint density at radius 3 is 2.55 bits per heavy atom. The van der Waals surface area contributed by atoms with Crippen LogP contribution in [0.4, 0.5) is 0 Å². The van der Waals surface area contributed by atoms with Gasteiger partial charge in [0, 0.05) is 36.3 Å². The molecule has 0 saturated carbocycles. The molecule has 156 valence electrons. The highest BCUT2D eigenvalue weighted by Gasteiger charge is 2.14. The van der Waals surface area contributed by atoms with Gasteiger partial charge in [-0.3, -0.25) is 9.13 Å². The largest absolute Gasteiger partial charge is 0.328 e. The van der Waals surface area contributed by atoms with Gasteiger partial charge in [0.25, 0.3) is 0 Å². The van der Waals surface area contributed by atoms with Gasteiger partial charge < -0.3 is 0 Å². The van der Waals surface area contributed by atoms with Gasteiger partial charge in [-0.15, -0.1) is 17.4 Å². The molecule has 0 unspecified atom stereocenters. The van der Waals surface area contributed by atoms with Crippen LogP contribution in [0.3, 0.4) is 0 Å². The third-order valence-electron chi connectivity index (χ3n) is 5.27. The maximum Gasteiger partial charge on any atom is 0.328 e. The van der Waals surface area contributed by atoms with Crippen LogP contribution in [-0.2, 0) is 13.0 Å². The molecule has 2 heterocycles. The number of hydrogen-bond donors (Lipinski definition) is 0. The first-order valence-electron chi connectivity index (χ1n) is 10.2. The van der Waals surface area contributed by atoms with Crippen molar-refractivity contribution in [2.75, 3.05) is 0 Å². The second kappa shape index (κ2) is 8.84. The summed E-state index contributed by atoms with van der Waals surface area (Å²) < 4.78 is 5.24. The van der Waals surface area contributed by atoms with Crippen molar-refractivity contribution in [2.45, 2.75) is 39.3 Å². The zero-order chi connectivity index (χ0) is 21.8. The van der Waals surface area contributed by atoms with Gasteiger partial charge in [0.2, 0.25) is 0 Å². The molecule has 0 aliphatic heterocycles. The fourth-order valence-electron chi connectivity index (χ4n) is 3.65. The standard InChI is InChI=1S/C24H24N6O/c1-4-5-8-21-16-28(18(2)3)24(31)29(21)15-19-11-13-20(14-12-19)22-9-6-7-10-23(22)30-17-25-26-27-30/h1,6-7,9-14,16-18H,5,8,15H2,2-3H3. The molecule has 0 atom stereocenters. The number of aryl methyl sites for hydroxylation is 1. The summed E-state index contributed by atoms with van der Waals surface area (Å²) >= 11 is 0. The molecule has 0 bridgehead atoms. The number of para-hydroxylation sites is 1. The normalized spacial score (nSPS) is 11.0. The molecular formula is C24H24N6O. The number of tetrazole rings is 1. The van der Waals surface area contributed by atoms with Gasteiger partial charge in [-0.05, 0) is 41.5 Å². The number of benzene rings is 2. The molecule has 0 fully saturated rings. The topological polar surface area (TPSA) is 70.5 Å². The molecule has 0 aliphatic rings. The van der Waals surface area contributed by atoms with E-state index in [4.69, 9.17) is 6.42 Å². The molecule has 0 N–H and O–H groups in total. The lowest BCUT2D eigenvalue weighted by atomic mass is 10.0. The molecule has 2 aromatic heterocycles. The van der Waals surface area contributed by atoms with Gasteiger partial charge in [-0.2, -0.15) is 4.68 Å². The average molecular weight is 412 g/mol. The number of hydrogen-bond acceptors (Lipinski definition) is 4. The smallest absolute Gasteiger partial charge is 0.296 e. The first-order valence-corrected chi connectivity index (χ1v) is 10.2. The van der Waals surface area contributed by atoms with Gasteiger partial charge in [0.1, 0.15) is 6.33 Å². The van der Waals surface area contributed by atoms with Gasteiger partial charge in [0.15, 0.2) is 0 Å². The van der Waals surface area contributed by atoms with Crippen LogP contribution in [0.2, 0.25) is 0 Å². The number of imidazole rings is 1. The lowest BCUT2D eigenvalue weighted by Gasteiger charge is -2.11. The van der Waals surface area contributed by atoms with Crippen molar-refractivity contribution in [1.29, 1.82) is 0 Å². The van der Waals surface area contributed by atoms with Crippen molar-refractivity contribution in [1.82, 2.24) is 29.3 Å². The summed E-state index contributed by atoms with van der Waals surface area (Å²) in [5.41, 5.74) is 4.99. The van der Waals surface area contributed by atoms with Crippen molar-refractivity contribution < 1.29 is 0 Å². The fraction of sp³-hybridized carbons (Fsp3) is 0.250. The minimum atomic E-state index is -0.00451. The molecule has 7 nitrogen and oxygen atoms in total. The Labute approximate surface area is 181 Å². The summed E-state index contributed by atoms with van der Waals surface area (Å²) in [5, 5.41) is 11.5. The summed E-state index contributed by atoms with van der Waals surface area (Å²) in [5.74, 6) is 2.67. The summed E-state index contributed by atoms with van der Waals surface area (Å²) in [6.07, 6.45) is 10.2. The molecule has 4 rings (SSSR count). The zero-order valence-electron chi connectivity index (χ0n) is 17.6. The van der Waals surface area contributed by atoms with Crippen LogP contribution in [-0.4, -0.2) is 29.3 Å². The van der Waals surface area contributed by atoms with E-state index in [1.807, 2.05) is 48.9 Å². The first kappa shape index (κ1) is 20.4. The van der Waals surface area contributed by atoms with Gasteiger partial charge >= 0.3 is 5.69 Å². The summed E-state index contributed by atoms with van der Waals surface area (Å²) in [6.45, 7) is 4.52. The molecule has 0 aliphatic carbocycles. The highest BCUT2D eigenvalue weighted by molar-refractivity contribution is 5.72. The maximum atomic E-state index is 12.9. The Morgan fingerprint density at radius 2 is 1.87 bits per heavy atom. The van der Waals surface area contributed by atoms with Crippen molar-refractivity contribution in [3.63, 3.8) is 0 Å². The van der Waals surface area contributed by atoms with Crippen LogP contribution in [0.1, 0.15) is 37.6 Å². The predicted octanol–water partition coefficient (Wildman–Crippen LogP) is 3.49. The summed E-state index contributed by atoms with van der Waals surface area (Å²) in [6, 6.07) is 16.3. The molecule has 2 aromatic carbocycles. The second-order valence-electron chi connectivity index (χ2n) is 7.66. The van der Waals surface area contributed by atoms with Crippen molar-refractivity contribution in [3.8, 4) is 29.2 Å². The quantitative estimate of drug-likeness (QED) is 0.436. The Balaban J connectivity index is 1.64. The number of terminal acetylenes is 1. The Kier molecular flexibility index (Phi) is 5.80. The first-order chi connectivity index (χ1) is 15.1. The van der Waals surface area contributed by atoms with E-state index >= 15 is 0 Å². The van der Waals surface area contributed by atoms with E-state index in [1.54, 1.807) is 15.6 Å². The molecule has 4 aromatic rings. The SMILES string of the molecule is C#CCCc1cn(C(C)C)c(=O)n1Cc1ccc(-c2ccccc2-n2cnnn2)cc1. The average Bonchev–Trinajstić information content (AvgIpc) is 3.42. The minimum absolute atomic E-state index is 0.00451. The van der Waals surface area contributed by atoms with E-state index in [0.29, 0.717) is 19.4 Å². The summed E-state index contributed by atoms with van der Waals surface area (Å²) in [7, 11) is 0. The van der Waals surface area contributed by atoms with E-state index in [-0.39, 0.29) is 11.7 Å². The Bertz CT molecular complexity index is 1260. The van der Waals surface area contributed by atoms with Crippen LogP contribution in [0.25, 0.3) is 16.8 Å². The van der Waals surface area contributed by atoms with Crippen LogP contribution in [0.15, 0.2) is 65.8 Å². The highest BCUT2D eigenvalue weighted by Crippen LogP contribution is 2.26. The van der Waals surface area contributed by atoms with Crippen LogP contribution >= 0.6 is 0 Å². The third kappa shape index (κ3) is 4.19. The second-order valence-corrected chi connectivity index (χ2v) is 7.66. The van der Waals surface area contributed by atoms with E-state index in [0.717, 1.165) is 28.1 Å². The van der Waals surface area contributed by atoms with E-state index < -0.39 is 0 Å². The fourth-order valence-corrected chi connectivity index (χ4v) is 3.65. The monoisotopic (exact) mass is 412 g/mol. The molecule has 0 amide bonds. The molecule has 31 heavy (non-hydrogen) atoms. The van der Waals surface area contributed by atoms with Crippen LogP contribution in [0.5, 0.6) is 0 Å². The van der Waals surface area contributed by atoms with Crippen molar-refractivity contribution >= 4 is 0 Å². The van der Waals surface area contributed by atoms with Crippen LogP contribution in [0, 0.1) is 12.3 Å². The molecule has 0 spiro atoms. The lowest BCUT2D eigenvalue weighted by molar-refractivity contribution is 0.560. The number of aromatic nitrogens is 6. The summed E-state index contributed by atoms with van der Waals surface area (Å²) in [4.78, 5) is 12.9. The number of nitrogens with zero attached hydrogens (tertiary/aromatic N) is 6. The minimum Gasteiger partial charge on any atom is -0.296 e. The molecule has 0 saturated heterocycles. The lowest BCUT2D eigenvalue weighted by Crippen LogP contribution is -2.26. The maximum absolute atomic E-state index is 12.9. The van der Waals surface area contributed by atoms with E-state index in [1.165, 1.54) is 0 Å². The Hall–Kier alpha value is -3.92. The molecular weight excluding hydrogens is 388 g/mol. The third-order valence-corrected chi connectivity index (χ3v) is 5.27. The van der Waals surface area contributed by atoms with E-state index in [9.17, 15) is 4.79 Å². The molecule has 0 radical (unpaired) electrons. The Morgan fingerprint density at radius 1 is 1.10 bits per heavy atom. The van der Waals surface area contributed by atoms with Crippen molar-refractivity contribution in [2.24, 2.45) is 0 Å². The predicted molar refractivity (Wildman–Crippen MR) is 120 cm³/mol. The van der Waals surface area contributed by atoms with Gasteiger partial charge in [-0.1, -0.05) is 42.5 Å². The van der Waals surface area contributed by atoms with Crippen molar-refractivity contribution in [3.05, 3.63) is 82.8 Å². The van der Waals surface area contributed by atoms with Crippen LogP contribution < -0.4 is 5.69 Å². The van der Waals surface area contributed by atoms with E-state index in [2.05, 4.69) is 45.7 Å². The van der Waals surface area contributed by atoms with Gasteiger partial charge in [-0.25, -0.2) is 4.79 Å². The molecule has 7 heteroatoms.